The van der Waals surface area contributed by atoms with Gasteiger partial charge in [0.1, 0.15) is 30.5 Å². The van der Waals surface area contributed by atoms with Crippen molar-refractivity contribution in [1.29, 1.82) is 0 Å². The van der Waals surface area contributed by atoms with Crippen LogP contribution in [0.5, 0.6) is 5.75 Å². The van der Waals surface area contributed by atoms with E-state index < -0.39 is 12.0 Å². The first-order valence-corrected chi connectivity index (χ1v) is 8.99. The lowest BCUT2D eigenvalue weighted by molar-refractivity contribution is -0.136. The maximum atomic E-state index is 13.0. The molecule has 7 nitrogen and oxygen atoms in total. The second-order valence-electron chi connectivity index (χ2n) is 6.57. The highest BCUT2D eigenvalue weighted by atomic mass is 19.1. The third-order valence-corrected chi connectivity index (χ3v) is 4.71. The highest BCUT2D eigenvalue weighted by Crippen LogP contribution is 2.35. The standard InChI is InChI=1S/C21H19FN4O3/c1-13-18(20(27)28-2)19(26-21(25-13)23-12-24-26)15-5-9-17(10-6-15)29-11-14-3-7-16(22)8-4-14/h3-10,12,19H,11H2,1-2H3,(H,23,24,25). The second kappa shape index (κ2) is 7.75. The van der Waals surface area contributed by atoms with Gasteiger partial charge in [0, 0.05) is 5.70 Å². The summed E-state index contributed by atoms with van der Waals surface area (Å²) < 4.78 is 25.4. The Kier molecular flexibility index (Phi) is 4.99. The molecule has 29 heavy (non-hydrogen) atoms. The molecule has 1 unspecified atom stereocenters. The zero-order valence-electron chi connectivity index (χ0n) is 15.9. The maximum Gasteiger partial charge on any atom is 0.338 e. The van der Waals surface area contributed by atoms with Gasteiger partial charge < -0.3 is 14.8 Å². The highest BCUT2D eigenvalue weighted by molar-refractivity contribution is 5.92. The van der Waals surface area contributed by atoms with E-state index in [-0.39, 0.29) is 5.82 Å². The average Bonchev–Trinajstić information content (AvgIpc) is 3.20. The average molecular weight is 394 g/mol. The first kappa shape index (κ1) is 18.7. The fourth-order valence-electron chi connectivity index (χ4n) is 3.27. The van der Waals surface area contributed by atoms with Crippen molar-refractivity contribution < 1.29 is 18.7 Å². The number of carbonyl (C=O) groups excluding carboxylic acids is 1. The van der Waals surface area contributed by atoms with E-state index in [1.807, 2.05) is 24.3 Å². The quantitative estimate of drug-likeness (QED) is 0.668. The van der Waals surface area contributed by atoms with Crippen LogP contribution in [0.2, 0.25) is 0 Å². The van der Waals surface area contributed by atoms with Crippen LogP contribution >= 0.6 is 0 Å². The monoisotopic (exact) mass is 394 g/mol. The summed E-state index contributed by atoms with van der Waals surface area (Å²) in [5.41, 5.74) is 2.84. The largest absolute Gasteiger partial charge is 0.489 e. The minimum absolute atomic E-state index is 0.280. The number of hydrogen-bond donors (Lipinski definition) is 1. The van der Waals surface area contributed by atoms with Crippen molar-refractivity contribution in [3.8, 4) is 5.75 Å². The normalized spacial score (nSPS) is 15.5. The van der Waals surface area contributed by atoms with Crippen LogP contribution in [0.25, 0.3) is 0 Å². The summed E-state index contributed by atoms with van der Waals surface area (Å²) >= 11 is 0. The highest BCUT2D eigenvalue weighted by Gasteiger charge is 2.33. The van der Waals surface area contributed by atoms with E-state index in [2.05, 4.69) is 15.4 Å². The van der Waals surface area contributed by atoms with Crippen LogP contribution in [0.15, 0.2) is 66.1 Å². The molecule has 0 fully saturated rings. The molecule has 0 saturated heterocycles. The van der Waals surface area contributed by atoms with E-state index >= 15 is 0 Å². The summed E-state index contributed by atoms with van der Waals surface area (Å²) in [5, 5.41) is 7.34. The number of allylic oxidation sites excluding steroid dienone is 1. The first-order valence-electron chi connectivity index (χ1n) is 8.99. The van der Waals surface area contributed by atoms with Crippen LogP contribution in [0.3, 0.4) is 0 Å². The SMILES string of the molecule is COC(=O)C1=C(C)Nc2ncnn2C1c1ccc(OCc2ccc(F)cc2)cc1. The number of halogens is 1. The molecule has 1 aliphatic rings. The number of methoxy groups -OCH3 is 1. The second-order valence-corrected chi connectivity index (χ2v) is 6.57. The van der Waals surface area contributed by atoms with Gasteiger partial charge in [-0.15, -0.1) is 0 Å². The fourth-order valence-corrected chi connectivity index (χ4v) is 3.27. The van der Waals surface area contributed by atoms with Gasteiger partial charge in [0.05, 0.1) is 12.7 Å². The molecule has 0 radical (unpaired) electrons. The van der Waals surface area contributed by atoms with Gasteiger partial charge >= 0.3 is 5.97 Å². The van der Waals surface area contributed by atoms with Crippen LogP contribution in [0.1, 0.15) is 24.1 Å². The number of esters is 1. The van der Waals surface area contributed by atoms with Gasteiger partial charge in [-0.2, -0.15) is 10.1 Å². The third kappa shape index (κ3) is 3.69. The summed E-state index contributed by atoms with van der Waals surface area (Å²) in [7, 11) is 1.35. The number of aromatic nitrogens is 3. The maximum absolute atomic E-state index is 13.0. The Morgan fingerprint density at radius 3 is 2.59 bits per heavy atom. The van der Waals surface area contributed by atoms with E-state index in [1.54, 1.807) is 23.7 Å². The minimum Gasteiger partial charge on any atom is -0.489 e. The molecular formula is C21H19FN4O3. The molecule has 0 spiro atoms. The molecule has 0 amide bonds. The molecule has 148 valence electrons. The number of nitrogens with one attached hydrogen (secondary N) is 1. The van der Waals surface area contributed by atoms with Crippen LogP contribution < -0.4 is 10.1 Å². The lowest BCUT2D eigenvalue weighted by Gasteiger charge is -2.28. The van der Waals surface area contributed by atoms with Gasteiger partial charge in [0.25, 0.3) is 0 Å². The number of hydrogen-bond acceptors (Lipinski definition) is 6. The summed E-state index contributed by atoms with van der Waals surface area (Å²) in [6.07, 6.45) is 1.43. The number of anilines is 1. The van der Waals surface area contributed by atoms with Gasteiger partial charge in [0.2, 0.25) is 5.95 Å². The fraction of sp³-hybridized carbons (Fsp3) is 0.190. The molecule has 8 heteroatoms. The lowest BCUT2D eigenvalue weighted by atomic mass is 9.96. The Bertz CT molecular complexity index is 1060. The molecule has 0 saturated carbocycles. The number of carbonyl (C=O) groups is 1. The number of nitrogens with zero attached hydrogens (tertiary/aromatic N) is 3. The van der Waals surface area contributed by atoms with Crippen molar-refractivity contribution in [3.05, 3.63) is 83.1 Å². The van der Waals surface area contributed by atoms with Gasteiger partial charge in [-0.1, -0.05) is 24.3 Å². The van der Waals surface area contributed by atoms with Crippen molar-refractivity contribution >= 4 is 11.9 Å². The number of benzene rings is 2. The third-order valence-electron chi connectivity index (χ3n) is 4.71. The molecule has 0 aliphatic carbocycles. The summed E-state index contributed by atoms with van der Waals surface area (Å²) in [6, 6.07) is 13.1. The molecule has 2 heterocycles. The Hall–Kier alpha value is -3.68. The van der Waals surface area contributed by atoms with Crippen molar-refractivity contribution in [2.45, 2.75) is 19.6 Å². The molecule has 1 aliphatic heterocycles. The summed E-state index contributed by atoms with van der Waals surface area (Å²) in [4.78, 5) is 16.6. The topological polar surface area (TPSA) is 78.3 Å². The van der Waals surface area contributed by atoms with E-state index in [0.29, 0.717) is 29.6 Å². The Morgan fingerprint density at radius 2 is 1.90 bits per heavy atom. The molecule has 2 aromatic carbocycles. The predicted molar refractivity (Wildman–Crippen MR) is 104 cm³/mol. The predicted octanol–water partition coefficient (Wildman–Crippen LogP) is 3.46. The summed E-state index contributed by atoms with van der Waals surface area (Å²) in [5.74, 6) is 0.498. The van der Waals surface area contributed by atoms with Crippen molar-refractivity contribution in [3.63, 3.8) is 0 Å². The van der Waals surface area contributed by atoms with Gasteiger partial charge in [0.15, 0.2) is 0 Å². The Balaban J connectivity index is 1.58. The van der Waals surface area contributed by atoms with E-state index in [1.165, 1.54) is 25.6 Å². The zero-order valence-corrected chi connectivity index (χ0v) is 15.9. The van der Waals surface area contributed by atoms with Gasteiger partial charge in [-0.25, -0.2) is 13.9 Å². The van der Waals surface area contributed by atoms with Crippen LogP contribution in [-0.2, 0) is 16.1 Å². The van der Waals surface area contributed by atoms with Crippen LogP contribution in [-0.4, -0.2) is 27.8 Å². The zero-order chi connectivity index (χ0) is 20.4. The van der Waals surface area contributed by atoms with E-state index in [0.717, 1.165) is 11.1 Å². The van der Waals surface area contributed by atoms with Crippen molar-refractivity contribution in [2.75, 3.05) is 12.4 Å². The van der Waals surface area contributed by atoms with Crippen molar-refractivity contribution in [1.82, 2.24) is 14.8 Å². The smallest absolute Gasteiger partial charge is 0.338 e. The van der Waals surface area contributed by atoms with E-state index in [9.17, 15) is 9.18 Å². The van der Waals surface area contributed by atoms with Crippen LogP contribution in [0.4, 0.5) is 10.3 Å². The minimum atomic E-state index is -0.465. The summed E-state index contributed by atoms with van der Waals surface area (Å²) in [6.45, 7) is 2.13. The lowest BCUT2D eigenvalue weighted by Crippen LogP contribution is -2.29. The Morgan fingerprint density at radius 1 is 1.17 bits per heavy atom. The molecule has 3 aromatic rings. The van der Waals surface area contributed by atoms with Gasteiger partial charge in [-0.05, 0) is 42.3 Å². The molecule has 0 bridgehead atoms. The van der Waals surface area contributed by atoms with Gasteiger partial charge in [-0.3, -0.25) is 0 Å². The number of ether oxygens (including phenoxy) is 2. The molecule has 1 atom stereocenters. The Labute approximate surface area is 166 Å². The van der Waals surface area contributed by atoms with Crippen molar-refractivity contribution in [2.24, 2.45) is 0 Å². The molecule has 1 N–H and O–H groups in total. The molecule has 1 aromatic heterocycles. The van der Waals surface area contributed by atoms with Crippen LogP contribution in [0, 0.1) is 5.82 Å². The van der Waals surface area contributed by atoms with E-state index in [4.69, 9.17) is 9.47 Å². The molecular weight excluding hydrogens is 375 g/mol. The number of fused-ring (bicyclic) bond motifs is 1. The first-order chi connectivity index (χ1) is 14.1. The number of rotatable bonds is 5. The molecule has 4 rings (SSSR count).